The van der Waals surface area contributed by atoms with Gasteiger partial charge in [0, 0.05) is 30.7 Å². The Kier molecular flexibility index (Phi) is 5.44. The molecule has 0 unspecified atom stereocenters. The molecule has 0 aliphatic carbocycles. The number of hydrogen-bond donors (Lipinski definition) is 0. The molecule has 0 aliphatic rings. The van der Waals surface area contributed by atoms with Gasteiger partial charge in [0.25, 0.3) is 5.69 Å². The maximum Gasteiger partial charge on any atom is 0.269 e. The zero-order chi connectivity index (χ0) is 18.1. The molecular weight excluding hydrogens is 382 g/mol. The largest absolute Gasteiger partial charge is 0.269 e. The predicted molar refractivity (Wildman–Crippen MR) is 88.2 cm³/mol. The van der Waals surface area contributed by atoms with Crippen LogP contribution in [0.2, 0.25) is 10.0 Å². The van der Waals surface area contributed by atoms with E-state index >= 15 is 0 Å². The Hall–Kier alpha value is -1.74. The predicted octanol–water partition coefficient (Wildman–Crippen LogP) is 3.86. The summed E-state index contributed by atoms with van der Waals surface area (Å²) >= 11 is 11.8. The van der Waals surface area contributed by atoms with E-state index in [4.69, 9.17) is 23.2 Å². The molecule has 0 radical (unpaired) electrons. The first-order valence-corrected chi connectivity index (χ1v) is 8.66. The van der Waals surface area contributed by atoms with Crippen LogP contribution < -0.4 is 0 Å². The van der Waals surface area contributed by atoms with E-state index in [1.54, 1.807) is 0 Å². The molecule has 6 nitrogen and oxygen atoms in total. The van der Waals surface area contributed by atoms with Gasteiger partial charge >= 0.3 is 0 Å². The number of sulfonamides is 1. The van der Waals surface area contributed by atoms with E-state index in [1.165, 1.54) is 25.2 Å². The van der Waals surface area contributed by atoms with Gasteiger partial charge in [0.1, 0.15) is 10.7 Å². The van der Waals surface area contributed by atoms with E-state index in [1.807, 2.05) is 0 Å². The standard InChI is InChI=1S/C14H11Cl2FN2O4S/c1-18(8-9-6-11(19(20)21)3-4-12(9)15)24(22,23)14-5-2-10(17)7-13(14)16/h2-7H,8H2,1H3. The maximum atomic E-state index is 13.1. The van der Waals surface area contributed by atoms with Gasteiger partial charge in [-0.1, -0.05) is 23.2 Å². The Morgan fingerprint density at radius 3 is 2.42 bits per heavy atom. The third kappa shape index (κ3) is 3.84. The number of benzene rings is 2. The highest BCUT2D eigenvalue weighted by Gasteiger charge is 2.25. The molecule has 0 saturated carbocycles. The Morgan fingerprint density at radius 1 is 1.17 bits per heavy atom. The van der Waals surface area contributed by atoms with Gasteiger partial charge in [0.2, 0.25) is 10.0 Å². The second-order valence-corrected chi connectivity index (χ2v) is 7.70. The summed E-state index contributed by atoms with van der Waals surface area (Å²) in [5, 5.41) is 10.8. The van der Waals surface area contributed by atoms with Crippen molar-refractivity contribution in [3.63, 3.8) is 0 Å². The van der Waals surface area contributed by atoms with E-state index in [-0.39, 0.29) is 32.7 Å². The highest BCUT2D eigenvalue weighted by atomic mass is 35.5. The van der Waals surface area contributed by atoms with Crippen LogP contribution in [0.25, 0.3) is 0 Å². The Morgan fingerprint density at radius 2 is 1.83 bits per heavy atom. The van der Waals surface area contributed by atoms with Crippen LogP contribution in [0.5, 0.6) is 0 Å². The Labute approximate surface area is 147 Å². The van der Waals surface area contributed by atoms with Crippen molar-refractivity contribution in [1.29, 1.82) is 0 Å². The second-order valence-electron chi connectivity index (χ2n) is 4.87. The van der Waals surface area contributed by atoms with Crippen LogP contribution in [-0.2, 0) is 16.6 Å². The summed E-state index contributed by atoms with van der Waals surface area (Å²) < 4.78 is 39.1. The Balaban J connectivity index is 2.36. The van der Waals surface area contributed by atoms with Crippen LogP contribution in [0.3, 0.4) is 0 Å². The highest BCUT2D eigenvalue weighted by Crippen LogP contribution is 2.28. The second kappa shape index (κ2) is 7.02. The number of nitro benzene ring substituents is 1. The van der Waals surface area contributed by atoms with Gasteiger partial charge in [-0.15, -0.1) is 0 Å². The smallest absolute Gasteiger partial charge is 0.258 e. The van der Waals surface area contributed by atoms with E-state index in [0.29, 0.717) is 0 Å². The number of nitro groups is 1. The summed E-state index contributed by atoms with van der Waals surface area (Å²) in [5.41, 5.74) is 0.0511. The topological polar surface area (TPSA) is 80.5 Å². The van der Waals surface area contributed by atoms with Gasteiger partial charge < -0.3 is 0 Å². The van der Waals surface area contributed by atoms with Gasteiger partial charge in [0.05, 0.1) is 9.95 Å². The fourth-order valence-electron chi connectivity index (χ4n) is 1.97. The fourth-order valence-corrected chi connectivity index (χ4v) is 3.80. The monoisotopic (exact) mass is 392 g/mol. The molecule has 2 rings (SSSR count). The number of hydrogen-bond acceptors (Lipinski definition) is 4. The van der Waals surface area contributed by atoms with Crippen LogP contribution in [0.4, 0.5) is 10.1 Å². The summed E-state index contributed by atoms with van der Waals surface area (Å²) in [5.74, 6) is -0.664. The molecule has 2 aromatic rings. The summed E-state index contributed by atoms with van der Waals surface area (Å²) in [6.45, 7) is -0.212. The lowest BCUT2D eigenvalue weighted by Gasteiger charge is -2.18. The molecule has 0 bridgehead atoms. The zero-order valence-corrected chi connectivity index (χ0v) is 14.6. The molecule has 0 atom stereocenters. The first kappa shape index (κ1) is 18.6. The van der Waals surface area contributed by atoms with E-state index in [2.05, 4.69) is 0 Å². The molecule has 10 heteroatoms. The summed E-state index contributed by atoms with van der Waals surface area (Å²) in [7, 11) is -2.76. The number of rotatable bonds is 5. The fraction of sp³-hybridized carbons (Fsp3) is 0.143. The van der Waals surface area contributed by atoms with Crippen molar-refractivity contribution in [3.8, 4) is 0 Å². The van der Waals surface area contributed by atoms with Crippen molar-refractivity contribution >= 4 is 38.9 Å². The van der Waals surface area contributed by atoms with Crippen molar-refractivity contribution in [2.24, 2.45) is 0 Å². The number of nitrogens with zero attached hydrogens (tertiary/aromatic N) is 2. The number of non-ortho nitro benzene ring substituents is 1. The summed E-state index contributed by atoms with van der Waals surface area (Å²) in [6, 6.07) is 6.66. The molecule has 2 aromatic carbocycles. The molecule has 128 valence electrons. The van der Waals surface area contributed by atoms with Crippen LogP contribution in [0.1, 0.15) is 5.56 Å². The normalized spacial score (nSPS) is 11.7. The average molecular weight is 393 g/mol. The minimum absolute atomic E-state index is 0.188. The molecule has 0 fully saturated rings. The van der Waals surface area contributed by atoms with Gasteiger partial charge in [-0.25, -0.2) is 12.8 Å². The highest BCUT2D eigenvalue weighted by molar-refractivity contribution is 7.89. The quantitative estimate of drug-likeness (QED) is 0.571. The molecule has 0 aliphatic heterocycles. The SMILES string of the molecule is CN(Cc1cc([N+](=O)[O-])ccc1Cl)S(=O)(=O)c1ccc(F)cc1Cl. The van der Waals surface area contributed by atoms with Crippen LogP contribution in [0, 0.1) is 15.9 Å². The molecule has 0 N–H and O–H groups in total. The molecule has 0 heterocycles. The van der Waals surface area contributed by atoms with E-state index in [0.717, 1.165) is 22.5 Å². The molecule has 24 heavy (non-hydrogen) atoms. The Bertz CT molecular complexity index is 906. The maximum absolute atomic E-state index is 13.1. The lowest BCUT2D eigenvalue weighted by Crippen LogP contribution is -2.27. The van der Waals surface area contributed by atoms with Crippen molar-refractivity contribution < 1.29 is 17.7 Å². The average Bonchev–Trinajstić information content (AvgIpc) is 2.48. The van der Waals surface area contributed by atoms with Crippen LogP contribution in [0.15, 0.2) is 41.3 Å². The third-order valence-corrected chi connectivity index (χ3v) is 5.87. The first-order chi connectivity index (χ1) is 11.1. The molecule has 0 spiro atoms. The lowest BCUT2D eigenvalue weighted by molar-refractivity contribution is -0.384. The van der Waals surface area contributed by atoms with E-state index < -0.39 is 20.8 Å². The van der Waals surface area contributed by atoms with Crippen molar-refractivity contribution in [2.75, 3.05) is 7.05 Å². The van der Waals surface area contributed by atoms with Crippen molar-refractivity contribution in [3.05, 3.63) is 67.9 Å². The van der Waals surface area contributed by atoms with Crippen LogP contribution >= 0.6 is 23.2 Å². The minimum Gasteiger partial charge on any atom is -0.258 e. The van der Waals surface area contributed by atoms with Crippen LogP contribution in [-0.4, -0.2) is 24.7 Å². The van der Waals surface area contributed by atoms with E-state index in [9.17, 15) is 22.9 Å². The summed E-state index contributed by atoms with van der Waals surface area (Å²) in [4.78, 5) is 9.95. The van der Waals surface area contributed by atoms with Gasteiger partial charge in [0.15, 0.2) is 0 Å². The molecule has 0 saturated heterocycles. The lowest BCUT2D eigenvalue weighted by atomic mass is 10.2. The van der Waals surface area contributed by atoms with Crippen molar-refractivity contribution in [1.82, 2.24) is 4.31 Å². The molecular formula is C14H11Cl2FN2O4S. The summed E-state index contributed by atoms with van der Waals surface area (Å²) in [6.07, 6.45) is 0. The van der Waals surface area contributed by atoms with Gasteiger partial charge in [-0.3, -0.25) is 10.1 Å². The zero-order valence-electron chi connectivity index (χ0n) is 12.2. The van der Waals surface area contributed by atoms with Crippen molar-refractivity contribution in [2.45, 2.75) is 11.4 Å². The first-order valence-electron chi connectivity index (χ1n) is 6.47. The van der Waals surface area contributed by atoms with Gasteiger partial charge in [-0.2, -0.15) is 4.31 Å². The molecule has 0 aromatic heterocycles. The minimum atomic E-state index is -4.03. The third-order valence-electron chi connectivity index (χ3n) is 3.22. The van der Waals surface area contributed by atoms with Gasteiger partial charge in [-0.05, 0) is 29.8 Å². The number of halogens is 3. The molecule has 0 amide bonds.